The van der Waals surface area contributed by atoms with Crippen LogP contribution in [0.15, 0.2) is 72.9 Å². The highest BCUT2D eigenvalue weighted by Crippen LogP contribution is 2.23. The van der Waals surface area contributed by atoms with Crippen LogP contribution in [0.5, 0.6) is 11.6 Å². The number of anilines is 3. The van der Waals surface area contributed by atoms with Crippen molar-refractivity contribution in [3.63, 3.8) is 0 Å². The fourth-order valence-corrected chi connectivity index (χ4v) is 3.62. The van der Waals surface area contributed by atoms with Crippen molar-refractivity contribution in [2.45, 2.75) is 25.8 Å². The Morgan fingerprint density at radius 2 is 1.73 bits per heavy atom. The molecular formula is C25H27N5O3. The van der Waals surface area contributed by atoms with Gasteiger partial charge in [0.15, 0.2) is 0 Å². The number of hydrogen-bond donors (Lipinski definition) is 3. The average molecular weight is 446 g/mol. The normalized spacial score (nSPS) is 15.1. The monoisotopic (exact) mass is 445 g/mol. The Labute approximate surface area is 193 Å². The number of aromatic nitrogens is 1. The van der Waals surface area contributed by atoms with Crippen molar-refractivity contribution in [2.24, 2.45) is 0 Å². The number of nitrogens with one attached hydrogen (secondary N) is 3. The SMILES string of the molecule is CCC(=O)NC1CCN(c2ccc(NC(=O)Nc3ccc(Oc4ccccc4)nc3)cc2)C1. The quantitative estimate of drug-likeness (QED) is 0.493. The summed E-state index contributed by atoms with van der Waals surface area (Å²) in [6.07, 6.45) is 2.97. The molecule has 0 radical (unpaired) electrons. The Bertz CT molecular complexity index is 1070. The fraction of sp³-hybridized carbons (Fsp3) is 0.240. The summed E-state index contributed by atoms with van der Waals surface area (Å²) in [7, 11) is 0. The van der Waals surface area contributed by atoms with Crippen LogP contribution in [0.1, 0.15) is 19.8 Å². The number of nitrogens with zero attached hydrogens (tertiary/aromatic N) is 2. The number of benzene rings is 2. The molecule has 0 spiro atoms. The summed E-state index contributed by atoms with van der Waals surface area (Å²) in [6, 6.07) is 20.3. The predicted molar refractivity (Wildman–Crippen MR) is 129 cm³/mol. The first-order chi connectivity index (χ1) is 16.1. The Hall–Kier alpha value is -4.07. The van der Waals surface area contributed by atoms with Crippen molar-refractivity contribution >= 4 is 29.0 Å². The molecule has 1 aliphatic heterocycles. The molecule has 0 bridgehead atoms. The summed E-state index contributed by atoms with van der Waals surface area (Å²) in [5.41, 5.74) is 2.30. The lowest BCUT2D eigenvalue weighted by Crippen LogP contribution is -2.36. The number of amides is 3. The molecule has 0 saturated carbocycles. The molecule has 3 aromatic rings. The van der Waals surface area contributed by atoms with E-state index in [0.29, 0.717) is 29.4 Å². The van der Waals surface area contributed by atoms with Crippen LogP contribution in [-0.4, -0.2) is 36.1 Å². The molecule has 3 amide bonds. The molecule has 170 valence electrons. The Morgan fingerprint density at radius 3 is 2.42 bits per heavy atom. The van der Waals surface area contributed by atoms with E-state index in [1.54, 1.807) is 18.3 Å². The molecule has 1 aliphatic rings. The zero-order valence-electron chi connectivity index (χ0n) is 18.5. The molecule has 4 rings (SSSR count). The van der Waals surface area contributed by atoms with E-state index in [4.69, 9.17) is 4.74 Å². The van der Waals surface area contributed by atoms with Gasteiger partial charge in [-0.2, -0.15) is 0 Å². The van der Waals surface area contributed by atoms with Crippen LogP contribution in [0.3, 0.4) is 0 Å². The van der Waals surface area contributed by atoms with Gasteiger partial charge in [-0.15, -0.1) is 0 Å². The predicted octanol–water partition coefficient (Wildman–Crippen LogP) is 4.62. The Balaban J connectivity index is 1.26. The average Bonchev–Trinajstić information content (AvgIpc) is 3.30. The molecule has 1 fully saturated rings. The van der Waals surface area contributed by atoms with Gasteiger partial charge in [-0.25, -0.2) is 9.78 Å². The summed E-state index contributed by atoms with van der Waals surface area (Å²) in [6.45, 7) is 3.53. The second-order valence-electron chi connectivity index (χ2n) is 7.78. The van der Waals surface area contributed by atoms with Crippen LogP contribution in [0.4, 0.5) is 21.9 Å². The van der Waals surface area contributed by atoms with E-state index in [2.05, 4.69) is 25.8 Å². The van der Waals surface area contributed by atoms with Crippen molar-refractivity contribution in [2.75, 3.05) is 28.6 Å². The van der Waals surface area contributed by atoms with Gasteiger partial charge in [0.2, 0.25) is 11.8 Å². The number of hydrogen-bond acceptors (Lipinski definition) is 5. The van der Waals surface area contributed by atoms with Crippen LogP contribution in [0.2, 0.25) is 0 Å². The van der Waals surface area contributed by atoms with Crippen LogP contribution < -0.4 is 25.6 Å². The van der Waals surface area contributed by atoms with Gasteiger partial charge in [0.05, 0.1) is 11.9 Å². The molecule has 1 unspecified atom stereocenters. The lowest BCUT2D eigenvalue weighted by molar-refractivity contribution is -0.121. The molecule has 2 aromatic carbocycles. The molecule has 0 aliphatic carbocycles. The minimum atomic E-state index is -0.357. The lowest BCUT2D eigenvalue weighted by Gasteiger charge is -2.19. The van der Waals surface area contributed by atoms with Gasteiger partial charge in [0.25, 0.3) is 0 Å². The highest BCUT2D eigenvalue weighted by molar-refractivity contribution is 5.99. The first-order valence-electron chi connectivity index (χ1n) is 11.0. The molecular weight excluding hydrogens is 418 g/mol. The number of para-hydroxylation sites is 1. The van der Waals surface area contributed by atoms with E-state index in [-0.39, 0.29) is 18.0 Å². The first kappa shape index (κ1) is 22.1. The van der Waals surface area contributed by atoms with E-state index in [1.165, 1.54) is 0 Å². The zero-order chi connectivity index (χ0) is 23.0. The summed E-state index contributed by atoms with van der Waals surface area (Å²) < 4.78 is 5.65. The molecule has 1 aromatic heterocycles. The molecule has 2 heterocycles. The third-order valence-electron chi connectivity index (χ3n) is 5.32. The van der Waals surface area contributed by atoms with Gasteiger partial charge >= 0.3 is 6.03 Å². The van der Waals surface area contributed by atoms with Gasteiger partial charge < -0.3 is 25.6 Å². The Morgan fingerprint density at radius 1 is 1.00 bits per heavy atom. The van der Waals surface area contributed by atoms with E-state index in [0.717, 1.165) is 25.2 Å². The summed E-state index contributed by atoms with van der Waals surface area (Å²) in [5.74, 6) is 1.23. The maximum Gasteiger partial charge on any atom is 0.323 e. The lowest BCUT2D eigenvalue weighted by atomic mass is 10.2. The van der Waals surface area contributed by atoms with E-state index in [1.807, 2.05) is 61.5 Å². The van der Waals surface area contributed by atoms with E-state index in [9.17, 15) is 9.59 Å². The van der Waals surface area contributed by atoms with Crippen molar-refractivity contribution in [3.8, 4) is 11.6 Å². The zero-order valence-corrected chi connectivity index (χ0v) is 18.5. The number of urea groups is 1. The first-order valence-corrected chi connectivity index (χ1v) is 11.0. The van der Waals surface area contributed by atoms with Crippen molar-refractivity contribution in [1.82, 2.24) is 10.3 Å². The van der Waals surface area contributed by atoms with Crippen molar-refractivity contribution in [3.05, 3.63) is 72.9 Å². The van der Waals surface area contributed by atoms with Crippen LogP contribution in [-0.2, 0) is 4.79 Å². The highest BCUT2D eigenvalue weighted by atomic mass is 16.5. The number of carbonyl (C=O) groups excluding carboxylic acids is 2. The van der Waals surface area contributed by atoms with E-state index < -0.39 is 0 Å². The number of pyridine rings is 1. The number of carbonyl (C=O) groups is 2. The minimum absolute atomic E-state index is 0.0842. The van der Waals surface area contributed by atoms with Gasteiger partial charge in [-0.3, -0.25) is 4.79 Å². The maximum absolute atomic E-state index is 12.3. The molecule has 8 heteroatoms. The topological polar surface area (TPSA) is 95.6 Å². The summed E-state index contributed by atoms with van der Waals surface area (Å²) in [4.78, 5) is 30.4. The van der Waals surface area contributed by atoms with Gasteiger partial charge in [0.1, 0.15) is 5.75 Å². The van der Waals surface area contributed by atoms with Gasteiger partial charge in [-0.1, -0.05) is 25.1 Å². The summed E-state index contributed by atoms with van der Waals surface area (Å²) >= 11 is 0. The minimum Gasteiger partial charge on any atom is -0.439 e. The van der Waals surface area contributed by atoms with Crippen LogP contribution in [0, 0.1) is 0 Å². The van der Waals surface area contributed by atoms with Gasteiger partial charge in [0, 0.05) is 43.0 Å². The molecule has 8 nitrogen and oxygen atoms in total. The smallest absolute Gasteiger partial charge is 0.323 e. The molecule has 3 N–H and O–H groups in total. The van der Waals surface area contributed by atoms with E-state index >= 15 is 0 Å². The second kappa shape index (κ2) is 10.5. The maximum atomic E-state index is 12.3. The number of rotatable bonds is 7. The Kier molecular flexibility index (Phi) is 7.04. The third-order valence-corrected chi connectivity index (χ3v) is 5.32. The van der Waals surface area contributed by atoms with Crippen molar-refractivity contribution in [1.29, 1.82) is 0 Å². The molecule has 33 heavy (non-hydrogen) atoms. The van der Waals surface area contributed by atoms with Crippen LogP contribution in [0.25, 0.3) is 0 Å². The summed E-state index contributed by atoms with van der Waals surface area (Å²) in [5, 5.41) is 8.63. The van der Waals surface area contributed by atoms with Crippen molar-refractivity contribution < 1.29 is 14.3 Å². The standard InChI is InChI=1S/C25H27N5O3/c1-2-23(31)27-20-14-15-30(17-20)21-11-8-18(9-12-21)28-25(32)29-19-10-13-24(26-16-19)33-22-6-4-3-5-7-22/h3-13,16,20H,2,14-15,17H2,1H3,(H,27,31)(H2,28,29,32). The molecule has 1 saturated heterocycles. The molecule has 1 atom stereocenters. The third kappa shape index (κ3) is 6.22. The fourth-order valence-electron chi connectivity index (χ4n) is 3.62. The second-order valence-corrected chi connectivity index (χ2v) is 7.78. The van der Waals surface area contributed by atoms with Crippen LogP contribution >= 0.6 is 0 Å². The largest absolute Gasteiger partial charge is 0.439 e. The van der Waals surface area contributed by atoms with Gasteiger partial charge in [-0.05, 0) is 48.9 Å². The number of ether oxygens (including phenoxy) is 1. The highest BCUT2D eigenvalue weighted by Gasteiger charge is 2.23.